The lowest BCUT2D eigenvalue weighted by atomic mass is 10.3. The van der Waals surface area contributed by atoms with Gasteiger partial charge in [0.2, 0.25) is 0 Å². The van der Waals surface area contributed by atoms with Crippen LogP contribution in [0.2, 0.25) is 0 Å². The van der Waals surface area contributed by atoms with Crippen LogP contribution in [0.25, 0.3) is 0 Å². The van der Waals surface area contributed by atoms with Crippen molar-refractivity contribution < 1.29 is 20.1 Å². The molecule has 0 radical (unpaired) electrons. The van der Waals surface area contributed by atoms with Crippen LogP contribution in [-0.4, -0.2) is 20.7 Å². The highest BCUT2D eigenvalue weighted by Gasteiger charge is 1.75. The van der Waals surface area contributed by atoms with E-state index in [-0.39, 0.29) is 0 Å². The standard InChI is InChI=1S/2C6H6O.CHClO2/c2*7-6-4-2-1-3-5-6;2-1(3)4/h2*1-5,7H;(H,3,4). The first-order valence-corrected chi connectivity index (χ1v) is 5.26. The third kappa shape index (κ3) is 11.9. The molecular formula is C13H13ClO4. The van der Waals surface area contributed by atoms with Crippen molar-refractivity contribution >= 4 is 17.0 Å². The maximum absolute atomic E-state index is 8.77. The van der Waals surface area contributed by atoms with Crippen molar-refractivity contribution in [1.82, 2.24) is 0 Å². The van der Waals surface area contributed by atoms with Crippen LogP contribution in [0, 0.1) is 0 Å². The molecule has 0 heterocycles. The molecule has 96 valence electrons. The fourth-order valence-corrected chi connectivity index (χ4v) is 0.856. The third-order valence-corrected chi connectivity index (χ3v) is 1.51. The van der Waals surface area contributed by atoms with Gasteiger partial charge in [-0.2, -0.15) is 0 Å². The summed E-state index contributed by atoms with van der Waals surface area (Å²) in [6.45, 7) is 0. The molecule has 0 fully saturated rings. The first-order valence-electron chi connectivity index (χ1n) is 4.89. The zero-order valence-corrected chi connectivity index (χ0v) is 10.2. The topological polar surface area (TPSA) is 77.8 Å². The molecule has 2 aromatic carbocycles. The van der Waals surface area contributed by atoms with Crippen molar-refractivity contribution in [3.8, 4) is 11.5 Å². The third-order valence-electron chi connectivity index (χ3n) is 1.51. The van der Waals surface area contributed by atoms with Gasteiger partial charge in [-0.15, -0.1) is 0 Å². The Labute approximate surface area is 110 Å². The summed E-state index contributed by atoms with van der Waals surface area (Å²) in [5.41, 5.74) is -1.36. The van der Waals surface area contributed by atoms with E-state index in [2.05, 4.69) is 11.6 Å². The van der Waals surface area contributed by atoms with Gasteiger partial charge in [-0.1, -0.05) is 36.4 Å². The molecule has 2 rings (SSSR count). The predicted molar refractivity (Wildman–Crippen MR) is 70.1 cm³/mol. The highest BCUT2D eigenvalue weighted by atomic mass is 35.5. The molecule has 0 aliphatic carbocycles. The van der Waals surface area contributed by atoms with E-state index >= 15 is 0 Å². The summed E-state index contributed by atoms with van der Waals surface area (Å²) in [7, 11) is 0. The number of carboxylic acid groups (broad SMARTS) is 1. The Balaban J connectivity index is 0.000000253. The molecule has 2 aromatic rings. The molecule has 0 aliphatic rings. The van der Waals surface area contributed by atoms with E-state index in [4.69, 9.17) is 20.1 Å². The second-order valence-electron chi connectivity index (χ2n) is 2.92. The van der Waals surface area contributed by atoms with E-state index in [1.165, 1.54) is 0 Å². The summed E-state index contributed by atoms with van der Waals surface area (Å²) < 4.78 is 0. The van der Waals surface area contributed by atoms with Gasteiger partial charge < -0.3 is 15.3 Å². The number of rotatable bonds is 0. The second kappa shape index (κ2) is 9.99. The Morgan fingerprint density at radius 2 is 1.00 bits per heavy atom. The molecule has 3 N–H and O–H groups in total. The van der Waals surface area contributed by atoms with E-state index in [0.717, 1.165) is 0 Å². The number of hydrogen-bond donors (Lipinski definition) is 3. The molecule has 0 aliphatic heterocycles. The molecule has 0 aromatic heterocycles. The van der Waals surface area contributed by atoms with E-state index in [1.54, 1.807) is 48.5 Å². The molecule has 0 saturated heterocycles. The summed E-state index contributed by atoms with van der Waals surface area (Å²) in [6.07, 6.45) is 0. The van der Waals surface area contributed by atoms with Crippen molar-refractivity contribution in [1.29, 1.82) is 0 Å². The second-order valence-corrected chi connectivity index (χ2v) is 3.25. The smallest absolute Gasteiger partial charge is 0.401 e. The molecule has 4 nitrogen and oxygen atoms in total. The number of hydrogen-bond acceptors (Lipinski definition) is 3. The predicted octanol–water partition coefficient (Wildman–Crippen LogP) is 3.69. The minimum atomic E-state index is -1.36. The van der Waals surface area contributed by atoms with Gasteiger partial charge in [0, 0.05) is 11.6 Å². The Bertz CT molecular complexity index is 390. The van der Waals surface area contributed by atoms with Crippen LogP contribution in [0.3, 0.4) is 0 Å². The molecular weight excluding hydrogens is 256 g/mol. The largest absolute Gasteiger partial charge is 0.508 e. The summed E-state index contributed by atoms with van der Waals surface area (Å²) in [5, 5.41) is 24.4. The minimum Gasteiger partial charge on any atom is -0.508 e. The number of aromatic hydroxyl groups is 2. The Morgan fingerprint density at radius 3 is 1.11 bits per heavy atom. The van der Waals surface area contributed by atoms with E-state index in [9.17, 15) is 0 Å². The van der Waals surface area contributed by atoms with Crippen molar-refractivity contribution in [3.05, 3.63) is 60.7 Å². The zero-order chi connectivity index (χ0) is 13.8. The van der Waals surface area contributed by atoms with Gasteiger partial charge in [-0.3, -0.25) is 0 Å². The highest BCUT2D eigenvalue weighted by Crippen LogP contribution is 2.03. The molecule has 0 amide bonds. The average molecular weight is 269 g/mol. The summed E-state index contributed by atoms with van der Waals surface area (Å²) in [6, 6.07) is 17.4. The normalized spacial score (nSPS) is 8.06. The number of carbonyl (C=O) groups is 1. The number of phenolic OH excluding ortho intramolecular Hbond substituents is 2. The summed E-state index contributed by atoms with van der Waals surface area (Å²) >= 11 is 4.19. The Morgan fingerprint density at radius 1 is 0.778 bits per heavy atom. The van der Waals surface area contributed by atoms with Crippen LogP contribution in [0.5, 0.6) is 11.5 Å². The summed E-state index contributed by atoms with van der Waals surface area (Å²) in [5.74, 6) is 0.644. The van der Waals surface area contributed by atoms with Gasteiger partial charge in [-0.25, -0.2) is 4.79 Å². The molecule has 5 heteroatoms. The lowest BCUT2D eigenvalue weighted by molar-refractivity contribution is 0.220. The van der Waals surface area contributed by atoms with Gasteiger partial charge in [0.15, 0.2) is 0 Å². The van der Waals surface area contributed by atoms with Crippen LogP contribution in [0.1, 0.15) is 0 Å². The van der Waals surface area contributed by atoms with Crippen LogP contribution < -0.4 is 0 Å². The number of para-hydroxylation sites is 2. The average Bonchev–Trinajstić information content (AvgIpc) is 2.31. The molecule has 0 saturated carbocycles. The number of benzene rings is 2. The van der Waals surface area contributed by atoms with Gasteiger partial charge >= 0.3 is 5.43 Å². The molecule has 0 bridgehead atoms. The first-order chi connectivity index (χ1) is 8.52. The van der Waals surface area contributed by atoms with E-state index < -0.39 is 5.43 Å². The molecule has 0 atom stereocenters. The summed E-state index contributed by atoms with van der Waals surface area (Å²) in [4.78, 5) is 8.77. The van der Waals surface area contributed by atoms with Crippen LogP contribution in [-0.2, 0) is 0 Å². The van der Waals surface area contributed by atoms with Crippen molar-refractivity contribution in [2.45, 2.75) is 0 Å². The molecule has 0 unspecified atom stereocenters. The minimum absolute atomic E-state index is 0.322. The van der Waals surface area contributed by atoms with E-state index in [1.807, 2.05) is 12.1 Å². The lowest BCUT2D eigenvalue weighted by Crippen LogP contribution is -1.66. The maximum atomic E-state index is 8.77. The van der Waals surface area contributed by atoms with Crippen LogP contribution in [0.15, 0.2) is 60.7 Å². The first kappa shape index (κ1) is 15.8. The fraction of sp³-hybridized carbons (Fsp3) is 0. The Hall–Kier alpha value is -2.20. The van der Waals surface area contributed by atoms with Gasteiger partial charge in [0.25, 0.3) is 0 Å². The number of halogens is 1. The van der Waals surface area contributed by atoms with Gasteiger partial charge in [-0.05, 0) is 24.3 Å². The Kier molecular flexibility index (Phi) is 8.77. The lowest BCUT2D eigenvalue weighted by Gasteiger charge is -1.82. The highest BCUT2D eigenvalue weighted by molar-refractivity contribution is 6.60. The van der Waals surface area contributed by atoms with Crippen molar-refractivity contribution in [2.75, 3.05) is 0 Å². The monoisotopic (exact) mass is 268 g/mol. The van der Waals surface area contributed by atoms with Crippen molar-refractivity contribution in [3.63, 3.8) is 0 Å². The van der Waals surface area contributed by atoms with Gasteiger partial charge in [0.05, 0.1) is 0 Å². The quantitative estimate of drug-likeness (QED) is 0.637. The SMILES string of the molecule is O=C(O)Cl.Oc1ccccc1.Oc1ccccc1. The van der Waals surface area contributed by atoms with Gasteiger partial charge in [0.1, 0.15) is 11.5 Å². The van der Waals surface area contributed by atoms with Crippen molar-refractivity contribution in [2.24, 2.45) is 0 Å². The zero-order valence-electron chi connectivity index (χ0n) is 9.40. The maximum Gasteiger partial charge on any atom is 0.401 e. The van der Waals surface area contributed by atoms with Crippen LogP contribution >= 0.6 is 11.6 Å². The fourth-order valence-electron chi connectivity index (χ4n) is 0.856. The van der Waals surface area contributed by atoms with Crippen LogP contribution in [0.4, 0.5) is 4.79 Å². The molecule has 18 heavy (non-hydrogen) atoms. The molecule has 0 spiro atoms. The number of phenols is 2. The van der Waals surface area contributed by atoms with E-state index in [0.29, 0.717) is 11.5 Å².